The van der Waals surface area contributed by atoms with Crippen LogP contribution in [0.3, 0.4) is 0 Å². The van der Waals surface area contributed by atoms with Crippen LogP contribution in [0.15, 0.2) is 30.9 Å². The normalized spacial score (nSPS) is 15.7. The van der Waals surface area contributed by atoms with Crippen LogP contribution < -0.4 is 5.32 Å². The number of aromatic nitrogens is 3. The largest absolute Gasteiger partial charge is 0.416 e. The van der Waals surface area contributed by atoms with Crippen molar-refractivity contribution in [3.8, 4) is 5.69 Å². The fourth-order valence-electron chi connectivity index (χ4n) is 3.45. The minimum Gasteiger partial charge on any atom is -0.341 e. The molecule has 8 nitrogen and oxygen atoms in total. The highest BCUT2D eigenvalue weighted by atomic mass is 19.4. The zero-order chi connectivity index (χ0) is 22.6. The number of halogens is 3. The third-order valence-electron chi connectivity index (χ3n) is 5.02. The highest BCUT2D eigenvalue weighted by Crippen LogP contribution is 2.33. The molecule has 0 radical (unpaired) electrons. The molecule has 0 spiro atoms. The fourth-order valence-corrected chi connectivity index (χ4v) is 3.45. The molecule has 11 heteroatoms. The number of nitrogens with zero attached hydrogens (tertiary/aromatic N) is 5. The average Bonchev–Trinajstić information content (AvgIpc) is 3.13. The van der Waals surface area contributed by atoms with Crippen LogP contribution in [-0.4, -0.2) is 69.1 Å². The van der Waals surface area contributed by atoms with E-state index in [0.717, 1.165) is 18.6 Å². The molecule has 3 rings (SSSR count). The van der Waals surface area contributed by atoms with E-state index < -0.39 is 17.6 Å². The van der Waals surface area contributed by atoms with Crippen molar-refractivity contribution in [3.63, 3.8) is 0 Å². The second-order valence-corrected chi connectivity index (χ2v) is 7.73. The van der Waals surface area contributed by atoms with Crippen molar-refractivity contribution in [2.75, 3.05) is 38.0 Å². The molecule has 1 fully saturated rings. The number of nitrogens with one attached hydrogen (secondary N) is 1. The highest BCUT2D eigenvalue weighted by Gasteiger charge is 2.31. The predicted molar refractivity (Wildman–Crippen MR) is 107 cm³/mol. The van der Waals surface area contributed by atoms with E-state index in [1.165, 1.54) is 23.4 Å². The van der Waals surface area contributed by atoms with Crippen LogP contribution in [0.2, 0.25) is 0 Å². The summed E-state index contributed by atoms with van der Waals surface area (Å²) in [6.45, 7) is 5.98. The van der Waals surface area contributed by atoms with Crippen molar-refractivity contribution in [2.45, 2.75) is 26.4 Å². The molecule has 1 aliphatic heterocycles. The number of alkyl halides is 3. The zero-order valence-corrected chi connectivity index (χ0v) is 17.4. The summed E-state index contributed by atoms with van der Waals surface area (Å²) in [4.78, 5) is 32.3. The van der Waals surface area contributed by atoms with E-state index in [1.807, 2.05) is 18.7 Å². The number of hydrogen-bond donors (Lipinski definition) is 1. The molecule has 31 heavy (non-hydrogen) atoms. The monoisotopic (exact) mass is 438 g/mol. The minimum atomic E-state index is -4.54. The van der Waals surface area contributed by atoms with Crippen molar-refractivity contribution < 1.29 is 22.8 Å². The standard InChI is InChI=1S/C20H25F3N6O2/c1-14(2)19(31)28-7-3-6-27(8-9-28)11-18(30)26-16-10-15(20(21,22)23)4-5-17(16)29-13-24-12-25-29/h4-5,10,12-14H,3,6-9,11H2,1-2H3,(H,26,30). The molecular formula is C20H25F3N6O2. The lowest BCUT2D eigenvalue weighted by atomic mass is 10.1. The van der Waals surface area contributed by atoms with Crippen LogP contribution >= 0.6 is 0 Å². The van der Waals surface area contributed by atoms with E-state index in [4.69, 9.17) is 0 Å². The molecule has 168 valence electrons. The molecule has 2 amide bonds. The minimum absolute atomic E-state index is 0.00300. The van der Waals surface area contributed by atoms with Gasteiger partial charge in [-0.05, 0) is 24.6 Å². The molecule has 0 atom stereocenters. The number of amides is 2. The van der Waals surface area contributed by atoms with Crippen molar-refractivity contribution in [3.05, 3.63) is 36.4 Å². The second-order valence-electron chi connectivity index (χ2n) is 7.73. The summed E-state index contributed by atoms with van der Waals surface area (Å²) in [7, 11) is 0. The van der Waals surface area contributed by atoms with Gasteiger partial charge >= 0.3 is 6.18 Å². The lowest BCUT2D eigenvalue weighted by Gasteiger charge is -2.23. The number of hydrogen-bond acceptors (Lipinski definition) is 5. The highest BCUT2D eigenvalue weighted by molar-refractivity contribution is 5.94. The first-order valence-corrected chi connectivity index (χ1v) is 10.0. The second kappa shape index (κ2) is 9.46. The summed E-state index contributed by atoms with van der Waals surface area (Å²) in [6.07, 6.45) is -1.23. The smallest absolute Gasteiger partial charge is 0.341 e. The van der Waals surface area contributed by atoms with Gasteiger partial charge in [0.2, 0.25) is 11.8 Å². The van der Waals surface area contributed by atoms with Gasteiger partial charge in [-0.25, -0.2) is 9.67 Å². The first-order valence-electron chi connectivity index (χ1n) is 10.0. The SMILES string of the molecule is CC(C)C(=O)N1CCCN(CC(=O)Nc2cc(C(F)(F)F)ccc2-n2cncn2)CC1. The Bertz CT molecular complexity index is 914. The molecule has 0 saturated carbocycles. The quantitative estimate of drug-likeness (QED) is 0.775. The first kappa shape index (κ1) is 22.7. The Labute approximate surface area is 178 Å². The molecular weight excluding hydrogens is 413 g/mol. The Morgan fingerprint density at radius 3 is 2.58 bits per heavy atom. The van der Waals surface area contributed by atoms with Gasteiger partial charge in [0, 0.05) is 32.1 Å². The molecule has 1 aromatic carbocycles. The molecule has 2 aromatic rings. The molecule has 1 saturated heterocycles. The summed E-state index contributed by atoms with van der Waals surface area (Å²) < 4.78 is 40.8. The summed E-state index contributed by atoms with van der Waals surface area (Å²) >= 11 is 0. The van der Waals surface area contributed by atoms with Gasteiger partial charge < -0.3 is 10.2 Å². The van der Waals surface area contributed by atoms with E-state index in [-0.39, 0.29) is 29.7 Å². The van der Waals surface area contributed by atoms with Crippen LogP contribution in [0.1, 0.15) is 25.8 Å². The summed E-state index contributed by atoms with van der Waals surface area (Å²) in [5.74, 6) is -0.456. The average molecular weight is 438 g/mol. The van der Waals surface area contributed by atoms with Gasteiger partial charge in [0.1, 0.15) is 12.7 Å². The fraction of sp³-hybridized carbons (Fsp3) is 0.500. The Morgan fingerprint density at radius 1 is 1.16 bits per heavy atom. The lowest BCUT2D eigenvalue weighted by Crippen LogP contribution is -2.39. The van der Waals surface area contributed by atoms with Gasteiger partial charge in [-0.2, -0.15) is 18.3 Å². The van der Waals surface area contributed by atoms with Crippen molar-refractivity contribution in [2.24, 2.45) is 5.92 Å². The van der Waals surface area contributed by atoms with Crippen LogP contribution in [0.4, 0.5) is 18.9 Å². The van der Waals surface area contributed by atoms with E-state index in [9.17, 15) is 22.8 Å². The number of carbonyl (C=O) groups is 2. The Morgan fingerprint density at radius 2 is 1.94 bits per heavy atom. The van der Waals surface area contributed by atoms with E-state index >= 15 is 0 Å². The Balaban J connectivity index is 1.70. The van der Waals surface area contributed by atoms with Gasteiger partial charge in [0.15, 0.2) is 0 Å². The lowest BCUT2D eigenvalue weighted by molar-refractivity contribution is -0.137. The number of carbonyl (C=O) groups excluding carboxylic acids is 2. The molecule has 0 unspecified atom stereocenters. The van der Waals surface area contributed by atoms with Crippen LogP contribution in [-0.2, 0) is 15.8 Å². The maximum atomic E-state index is 13.2. The summed E-state index contributed by atoms with van der Waals surface area (Å²) in [5, 5.41) is 6.52. The topological polar surface area (TPSA) is 83.4 Å². The van der Waals surface area contributed by atoms with Crippen molar-refractivity contribution in [1.29, 1.82) is 0 Å². The van der Waals surface area contributed by atoms with Gasteiger partial charge in [-0.1, -0.05) is 13.8 Å². The van der Waals surface area contributed by atoms with Crippen LogP contribution in [0.25, 0.3) is 5.69 Å². The maximum Gasteiger partial charge on any atom is 0.416 e. The number of anilines is 1. The van der Waals surface area contributed by atoms with Crippen LogP contribution in [0, 0.1) is 5.92 Å². The maximum absolute atomic E-state index is 13.2. The predicted octanol–water partition coefficient (Wildman–Crippen LogP) is 2.41. The summed E-state index contributed by atoms with van der Waals surface area (Å²) in [6, 6.07) is 3.07. The van der Waals surface area contributed by atoms with Crippen molar-refractivity contribution >= 4 is 17.5 Å². The van der Waals surface area contributed by atoms with Gasteiger partial charge in [0.05, 0.1) is 23.5 Å². The van der Waals surface area contributed by atoms with E-state index in [2.05, 4.69) is 15.4 Å². The van der Waals surface area contributed by atoms with E-state index in [1.54, 1.807) is 4.90 Å². The molecule has 0 bridgehead atoms. The number of rotatable bonds is 5. The Kier molecular flexibility index (Phi) is 6.94. The van der Waals surface area contributed by atoms with Gasteiger partial charge in [-0.3, -0.25) is 14.5 Å². The molecule has 2 heterocycles. The molecule has 0 aliphatic carbocycles. The molecule has 1 aromatic heterocycles. The Hall–Kier alpha value is -2.95. The van der Waals surface area contributed by atoms with Crippen LogP contribution in [0.5, 0.6) is 0 Å². The zero-order valence-electron chi connectivity index (χ0n) is 17.4. The number of benzene rings is 1. The third kappa shape index (κ3) is 5.81. The van der Waals surface area contributed by atoms with Gasteiger partial charge in [0.25, 0.3) is 0 Å². The van der Waals surface area contributed by atoms with Gasteiger partial charge in [-0.15, -0.1) is 0 Å². The summed E-state index contributed by atoms with van der Waals surface area (Å²) in [5.41, 5.74) is -0.593. The van der Waals surface area contributed by atoms with E-state index in [0.29, 0.717) is 26.2 Å². The molecule has 1 aliphatic rings. The van der Waals surface area contributed by atoms with Crippen molar-refractivity contribution in [1.82, 2.24) is 24.6 Å². The molecule has 1 N–H and O–H groups in total. The first-order chi connectivity index (χ1) is 14.6. The third-order valence-corrected chi connectivity index (χ3v) is 5.02.